The third-order valence-electron chi connectivity index (χ3n) is 4.77. The van der Waals surface area contributed by atoms with Crippen molar-refractivity contribution < 1.29 is 14.3 Å². The molecule has 134 valence electrons. The van der Waals surface area contributed by atoms with E-state index in [-0.39, 0.29) is 12.1 Å². The molecule has 1 aliphatic rings. The maximum Gasteiger partial charge on any atom is 0.137 e. The van der Waals surface area contributed by atoms with E-state index in [4.69, 9.17) is 9.47 Å². The molecule has 1 aromatic heterocycles. The third-order valence-corrected chi connectivity index (χ3v) is 5.59. The van der Waals surface area contributed by atoms with Crippen LogP contribution >= 0.6 is 11.3 Å². The molecule has 2 unspecified atom stereocenters. The number of aryl methyl sites for hydroxylation is 1. The first kappa shape index (κ1) is 17.9. The summed E-state index contributed by atoms with van der Waals surface area (Å²) in [7, 11) is 3.35. The van der Waals surface area contributed by atoms with Crippen LogP contribution in [0.2, 0.25) is 0 Å². The molecule has 5 nitrogen and oxygen atoms in total. The molecule has 1 aromatic carbocycles. The van der Waals surface area contributed by atoms with Crippen LogP contribution in [0.5, 0.6) is 11.5 Å². The number of piperidine rings is 1. The number of aromatic nitrogens is 1. The van der Waals surface area contributed by atoms with Crippen molar-refractivity contribution in [1.29, 1.82) is 0 Å². The zero-order valence-electron chi connectivity index (χ0n) is 14.9. The van der Waals surface area contributed by atoms with E-state index in [1.807, 2.05) is 25.1 Å². The molecular formula is C19H24N2O3S. The van der Waals surface area contributed by atoms with Gasteiger partial charge in [0, 0.05) is 18.0 Å². The molecule has 2 heterocycles. The molecule has 2 atom stereocenters. The Balaban J connectivity index is 2.01. The lowest BCUT2D eigenvalue weighted by Crippen LogP contribution is -2.42. The van der Waals surface area contributed by atoms with E-state index in [2.05, 4.69) is 15.3 Å². The van der Waals surface area contributed by atoms with Crippen molar-refractivity contribution in [2.24, 2.45) is 0 Å². The van der Waals surface area contributed by atoms with Crippen molar-refractivity contribution in [2.75, 3.05) is 14.2 Å². The van der Waals surface area contributed by atoms with E-state index in [1.54, 1.807) is 25.6 Å². The van der Waals surface area contributed by atoms with E-state index >= 15 is 0 Å². The summed E-state index contributed by atoms with van der Waals surface area (Å²) in [5, 5.41) is 3.11. The van der Waals surface area contributed by atoms with Crippen molar-refractivity contribution in [1.82, 2.24) is 9.88 Å². The second kappa shape index (κ2) is 7.97. The van der Waals surface area contributed by atoms with Crippen LogP contribution in [0.4, 0.5) is 0 Å². The molecule has 2 aromatic rings. The van der Waals surface area contributed by atoms with Gasteiger partial charge in [-0.25, -0.2) is 4.98 Å². The van der Waals surface area contributed by atoms with Crippen LogP contribution in [0.15, 0.2) is 23.6 Å². The smallest absolute Gasteiger partial charge is 0.137 e. The largest absolute Gasteiger partial charge is 0.496 e. The molecule has 0 radical (unpaired) electrons. The van der Waals surface area contributed by atoms with Gasteiger partial charge in [-0.1, -0.05) is 6.07 Å². The minimum Gasteiger partial charge on any atom is -0.496 e. The molecule has 0 N–H and O–H groups in total. The van der Waals surface area contributed by atoms with Crippen LogP contribution < -0.4 is 9.47 Å². The zero-order chi connectivity index (χ0) is 17.8. The molecule has 3 rings (SSSR count). The average Bonchev–Trinajstić information content (AvgIpc) is 3.06. The maximum absolute atomic E-state index is 11.7. The van der Waals surface area contributed by atoms with E-state index in [0.29, 0.717) is 6.54 Å². The van der Waals surface area contributed by atoms with Crippen molar-refractivity contribution in [3.8, 4) is 11.5 Å². The Bertz CT molecular complexity index is 709. The van der Waals surface area contributed by atoms with Gasteiger partial charge in [-0.05, 0) is 38.3 Å². The number of carbonyl (C=O) groups is 1. The number of thiazole rings is 1. The second-order valence-electron chi connectivity index (χ2n) is 6.26. The number of aldehydes is 1. The fourth-order valence-corrected chi connectivity index (χ4v) is 4.25. The number of rotatable bonds is 6. The quantitative estimate of drug-likeness (QED) is 0.734. The van der Waals surface area contributed by atoms with Gasteiger partial charge in [0.05, 0.1) is 36.5 Å². The number of benzene rings is 1. The van der Waals surface area contributed by atoms with Gasteiger partial charge in [0.1, 0.15) is 17.8 Å². The monoisotopic (exact) mass is 360 g/mol. The number of hydrogen-bond donors (Lipinski definition) is 0. The molecule has 0 saturated carbocycles. The Morgan fingerprint density at radius 1 is 1.28 bits per heavy atom. The standard InChI is InChI=1S/C19H24N2O3S/c1-13-20-14(12-25-13)10-21-15(11-22)6-4-7-16(21)19-17(23-2)8-5-9-18(19)24-3/h5,8-9,11-12,15-16H,4,6-7,10H2,1-3H3. The van der Waals surface area contributed by atoms with Gasteiger partial charge in [-0.3, -0.25) is 4.90 Å². The highest BCUT2D eigenvalue weighted by Crippen LogP contribution is 2.43. The summed E-state index contributed by atoms with van der Waals surface area (Å²) in [5.74, 6) is 1.60. The Labute approximate surface area is 152 Å². The Morgan fingerprint density at radius 3 is 2.56 bits per heavy atom. The highest BCUT2D eigenvalue weighted by Gasteiger charge is 2.35. The Kier molecular flexibility index (Phi) is 5.71. The summed E-state index contributed by atoms with van der Waals surface area (Å²) in [4.78, 5) is 18.6. The first-order valence-electron chi connectivity index (χ1n) is 8.50. The highest BCUT2D eigenvalue weighted by atomic mass is 32.1. The van der Waals surface area contributed by atoms with Crippen LogP contribution in [0.3, 0.4) is 0 Å². The van der Waals surface area contributed by atoms with E-state index < -0.39 is 0 Å². The Hall–Kier alpha value is -1.92. The van der Waals surface area contributed by atoms with Crippen molar-refractivity contribution >= 4 is 17.6 Å². The minimum absolute atomic E-state index is 0.0667. The van der Waals surface area contributed by atoms with Crippen LogP contribution in [-0.2, 0) is 11.3 Å². The fourth-order valence-electron chi connectivity index (χ4n) is 3.64. The van der Waals surface area contributed by atoms with E-state index in [9.17, 15) is 4.79 Å². The lowest BCUT2D eigenvalue weighted by molar-refractivity contribution is -0.115. The zero-order valence-corrected chi connectivity index (χ0v) is 15.7. The average molecular weight is 360 g/mol. The van der Waals surface area contributed by atoms with Gasteiger partial charge in [0.25, 0.3) is 0 Å². The lowest BCUT2D eigenvalue weighted by Gasteiger charge is -2.40. The van der Waals surface area contributed by atoms with Crippen molar-refractivity contribution in [3.63, 3.8) is 0 Å². The van der Waals surface area contributed by atoms with Crippen LogP contribution in [0.25, 0.3) is 0 Å². The van der Waals surface area contributed by atoms with Crippen molar-refractivity contribution in [2.45, 2.75) is 44.8 Å². The van der Waals surface area contributed by atoms with Crippen LogP contribution in [0, 0.1) is 6.92 Å². The minimum atomic E-state index is -0.115. The number of carbonyl (C=O) groups excluding carboxylic acids is 1. The molecule has 6 heteroatoms. The number of methoxy groups -OCH3 is 2. The first-order chi connectivity index (χ1) is 12.2. The topological polar surface area (TPSA) is 51.7 Å². The third kappa shape index (κ3) is 3.70. The summed E-state index contributed by atoms with van der Waals surface area (Å²) < 4.78 is 11.2. The first-order valence-corrected chi connectivity index (χ1v) is 9.38. The van der Waals surface area contributed by atoms with E-state index in [0.717, 1.165) is 53.3 Å². The van der Waals surface area contributed by atoms with Gasteiger partial charge < -0.3 is 14.3 Å². The molecule has 25 heavy (non-hydrogen) atoms. The van der Waals surface area contributed by atoms with Gasteiger partial charge in [0.2, 0.25) is 0 Å². The molecule has 0 amide bonds. The fraction of sp³-hybridized carbons (Fsp3) is 0.474. The summed E-state index contributed by atoms with van der Waals surface area (Å²) in [5.41, 5.74) is 2.03. The number of hydrogen-bond acceptors (Lipinski definition) is 6. The molecule has 1 aliphatic heterocycles. The molecule has 1 fully saturated rings. The number of nitrogens with zero attached hydrogens (tertiary/aromatic N) is 2. The summed E-state index contributed by atoms with van der Waals surface area (Å²) in [6.07, 6.45) is 3.90. The van der Waals surface area contributed by atoms with Gasteiger partial charge in [0.15, 0.2) is 0 Å². The summed E-state index contributed by atoms with van der Waals surface area (Å²) in [6.45, 7) is 2.65. The molecular weight excluding hydrogens is 336 g/mol. The highest BCUT2D eigenvalue weighted by molar-refractivity contribution is 7.09. The van der Waals surface area contributed by atoms with E-state index in [1.165, 1.54) is 0 Å². The number of ether oxygens (including phenoxy) is 2. The molecule has 0 spiro atoms. The lowest BCUT2D eigenvalue weighted by atomic mass is 9.90. The SMILES string of the molecule is COc1cccc(OC)c1C1CCCC(C=O)N1Cc1csc(C)n1. The normalized spacial score (nSPS) is 21.1. The number of likely N-dealkylation sites (tertiary alicyclic amines) is 1. The Morgan fingerprint density at radius 2 is 2.00 bits per heavy atom. The molecule has 0 aliphatic carbocycles. The predicted molar refractivity (Wildman–Crippen MR) is 98.4 cm³/mol. The van der Waals surface area contributed by atoms with Gasteiger partial charge in [-0.15, -0.1) is 11.3 Å². The van der Waals surface area contributed by atoms with Crippen molar-refractivity contribution in [3.05, 3.63) is 39.8 Å². The summed E-state index contributed by atoms with van der Waals surface area (Å²) >= 11 is 1.64. The van der Waals surface area contributed by atoms with Crippen LogP contribution in [0.1, 0.15) is 41.6 Å². The predicted octanol–water partition coefficient (Wildman–Crippen LogP) is 3.76. The van der Waals surface area contributed by atoms with Gasteiger partial charge >= 0.3 is 0 Å². The molecule has 1 saturated heterocycles. The van der Waals surface area contributed by atoms with Crippen LogP contribution in [-0.4, -0.2) is 36.4 Å². The molecule has 0 bridgehead atoms. The summed E-state index contributed by atoms with van der Waals surface area (Å²) in [6, 6.07) is 5.78. The second-order valence-corrected chi connectivity index (χ2v) is 7.32. The van der Waals surface area contributed by atoms with Gasteiger partial charge in [-0.2, -0.15) is 0 Å². The maximum atomic E-state index is 11.7.